The fourth-order valence-electron chi connectivity index (χ4n) is 4.04. The topological polar surface area (TPSA) is 59.6 Å². The van der Waals surface area contributed by atoms with Crippen molar-refractivity contribution in [2.24, 2.45) is 11.3 Å². The Kier molecular flexibility index (Phi) is 6.35. The van der Waals surface area contributed by atoms with E-state index in [1.807, 2.05) is 18.2 Å². The number of hydrogen-bond acceptors (Lipinski definition) is 4. The van der Waals surface area contributed by atoms with E-state index in [2.05, 4.69) is 10.6 Å². The van der Waals surface area contributed by atoms with Crippen LogP contribution in [0.2, 0.25) is 0 Å². The molecular formula is C18H27ClN2O3. The number of methoxy groups -OCH3 is 2. The predicted octanol–water partition coefficient (Wildman–Crippen LogP) is 2.52. The van der Waals surface area contributed by atoms with E-state index in [4.69, 9.17) is 9.47 Å². The van der Waals surface area contributed by atoms with Crippen LogP contribution in [0, 0.1) is 11.3 Å². The maximum absolute atomic E-state index is 12.9. The molecule has 3 rings (SSSR count). The maximum Gasteiger partial charge on any atom is 0.228 e. The Labute approximate surface area is 149 Å². The van der Waals surface area contributed by atoms with Gasteiger partial charge in [0.05, 0.1) is 19.6 Å². The zero-order valence-electron chi connectivity index (χ0n) is 14.4. The van der Waals surface area contributed by atoms with Crippen LogP contribution in [0.15, 0.2) is 18.2 Å². The lowest BCUT2D eigenvalue weighted by molar-refractivity contribution is -0.134. The van der Waals surface area contributed by atoms with Crippen molar-refractivity contribution in [3.05, 3.63) is 23.8 Å². The smallest absolute Gasteiger partial charge is 0.228 e. The highest BCUT2D eigenvalue weighted by atomic mass is 35.5. The molecule has 134 valence electrons. The lowest BCUT2D eigenvalue weighted by atomic mass is 9.67. The van der Waals surface area contributed by atoms with Crippen LogP contribution in [0.4, 0.5) is 0 Å². The van der Waals surface area contributed by atoms with Crippen LogP contribution in [-0.2, 0) is 11.3 Å². The van der Waals surface area contributed by atoms with Crippen molar-refractivity contribution in [3.8, 4) is 11.5 Å². The summed E-state index contributed by atoms with van der Waals surface area (Å²) in [5, 5.41) is 6.56. The number of nitrogens with one attached hydrogen (secondary N) is 2. The number of amides is 1. The van der Waals surface area contributed by atoms with Crippen molar-refractivity contribution in [1.82, 2.24) is 10.6 Å². The fourth-order valence-corrected chi connectivity index (χ4v) is 4.04. The van der Waals surface area contributed by atoms with Gasteiger partial charge >= 0.3 is 0 Å². The van der Waals surface area contributed by atoms with Crippen molar-refractivity contribution in [1.29, 1.82) is 0 Å². The van der Waals surface area contributed by atoms with Crippen molar-refractivity contribution in [2.45, 2.75) is 32.2 Å². The first-order valence-corrected chi connectivity index (χ1v) is 8.39. The van der Waals surface area contributed by atoms with Crippen LogP contribution >= 0.6 is 12.4 Å². The standard InChI is InChI=1S/C18H26N2O3.ClH/c1-22-15-7-6-13(16(9-15)23-2)10-20-17(21)18-8-4-3-5-14(18)11-19-12-18;/h6-7,9,14,19H,3-5,8,10-12H2,1-2H3,(H,20,21);1H/t14-,18+;/m0./s1. The van der Waals surface area contributed by atoms with Gasteiger partial charge in [-0.15, -0.1) is 12.4 Å². The molecule has 2 aliphatic rings. The minimum absolute atomic E-state index is 0. The lowest BCUT2D eigenvalue weighted by Crippen LogP contribution is -2.47. The number of benzene rings is 1. The number of ether oxygens (including phenoxy) is 2. The van der Waals surface area contributed by atoms with Gasteiger partial charge in [0.2, 0.25) is 5.91 Å². The second kappa shape index (κ2) is 8.08. The molecular weight excluding hydrogens is 328 g/mol. The molecule has 24 heavy (non-hydrogen) atoms. The number of fused-ring (bicyclic) bond motifs is 1. The molecule has 1 heterocycles. The van der Waals surface area contributed by atoms with E-state index < -0.39 is 0 Å². The summed E-state index contributed by atoms with van der Waals surface area (Å²) in [5.41, 5.74) is 0.758. The summed E-state index contributed by atoms with van der Waals surface area (Å²) in [6.07, 6.45) is 4.55. The molecule has 1 aliphatic carbocycles. The van der Waals surface area contributed by atoms with Crippen LogP contribution in [0.1, 0.15) is 31.2 Å². The van der Waals surface area contributed by atoms with Crippen LogP contribution in [0.25, 0.3) is 0 Å². The van der Waals surface area contributed by atoms with E-state index in [0.717, 1.165) is 49.4 Å². The molecule has 2 atom stereocenters. The van der Waals surface area contributed by atoms with Gasteiger partial charge in [-0.05, 0) is 37.4 Å². The fraction of sp³-hybridized carbons (Fsp3) is 0.611. The van der Waals surface area contributed by atoms with Gasteiger partial charge in [-0.25, -0.2) is 0 Å². The molecule has 0 spiro atoms. The van der Waals surface area contributed by atoms with Gasteiger partial charge in [0, 0.05) is 24.7 Å². The third kappa shape index (κ3) is 3.47. The molecule has 1 aromatic carbocycles. The van der Waals surface area contributed by atoms with Crippen LogP contribution in [0.5, 0.6) is 11.5 Å². The third-order valence-electron chi connectivity index (χ3n) is 5.42. The SMILES string of the molecule is COc1ccc(CNC(=O)[C@@]23CCCC[C@H]2CNC3)c(OC)c1.Cl. The number of rotatable bonds is 5. The van der Waals surface area contributed by atoms with E-state index in [1.54, 1.807) is 14.2 Å². The number of carbonyl (C=O) groups is 1. The quantitative estimate of drug-likeness (QED) is 0.853. The Balaban J connectivity index is 0.00000208. The van der Waals surface area contributed by atoms with Gasteiger partial charge in [0.25, 0.3) is 0 Å². The molecule has 1 aromatic rings. The van der Waals surface area contributed by atoms with Gasteiger partial charge in [-0.2, -0.15) is 0 Å². The summed E-state index contributed by atoms with van der Waals surface area (Å²) >= 11 is 0. The zero-order chi connectivity index (χ0) is 16.3. The average molecular weight is 355 g/mol. The Morgan fingerprint density at radius 2 is 2.17 bits per heavy atom. The summed E-state index contributed by atoms with van der Waals surface area (Å²) < 4.78 is 10.6. The Bertz CT molecular complexity index is 581. The molecule has 0 bridgehead atoms. The van der Waals surface area contributed by atoms with E-state index in [9.17, 15) is 4.79 Å². The van der Waals surface area contributed by atoms with Crippen molar-refractivity contribution in [3.63, 3.8) is 0 Å². The molecule has 1 saturated carbocycles. The monoisotopic (exact) mass is 354 g/mol. The number of carbonyl (C=O) groups excluding carboxylic acids is 1. The second-order valence-corrected chi connectivity index (χ2v) is 6.59. The van der Waals surface area contributed by atoms with Crippen LogP contribution in [0.3, 0.4) is 0 Å². The molecule has 1 aliphatic heterocycles. The van der Waals surface area contributed by atoms with Crippen molar-refractivity contribution in [2.75, 3.05) is 27.3 Å². The molecule has 6 heteroatoms. The molecule has 1 saturated heterocycles. The largest absolute Gasteiger partial charge is 0.497 e. The Hall–Kier alpha value is -1.46. The van der Waals surface area contributed by atoms with E-state index >= 15 is 0 Å². The van der Waals surface area contributed by atoms with Gasteiger partial charge < -0.3 is 20.1 Å². The first kappa shape index (κ1) is 18.9. The summed E-state index contributed by atoms with van der Waals surface area (Å²) in [6.45, 7) is 2.27. The van der Waals surface area contributed by atoms with E-state index in [0.29, 0.717) is 12.5 Å². The first-order valence-electron chi connectivity index (χ1n) is 8.39. The molecule has 0 unspecified atom stereocenters. The summed E-state index contributed by atoms with van der Waals surface area (Å²) in [5.74, 6) is 2.16. The highest BCUT2D eigenvalue weighted by Crippen LogP contribution is 2.44. The Morgan fingerprint density at radius 1 is 1.33 bits per heavy atom. The summed E-state index contributed by atoms with van der Waals surface area (Å²) in [7, 11) is 3.27. The third-order valence-corrected chi connectivity index (χ3v) is 5.42. The summed E-state index contributed by atoms with van der Waals surface area (Å²) in [6, 6.07) is 5.68. The summed E-state index contributed by atoms with van der Waals surface area (Å²) in [4.78, 5) is 12.9. The van der Waals surface area contributed by atoms with Crippen molar-refractivity contribution >= 4 is 18.3 Å². The van der Waals surface area contributed by atoms with E-state index in [-0.39, 0.29) is 23.7 Å². The molecule has 2 N–H and O–H groups in total. The molecule has 5 nitrogen and oxygen atoms in total. The predicted molar refractivity (Wildman–Crippen MR) is 95.9 cm³/mol. The van der Waals surface area contributed by atoms with Crippen molar-refractivity contribution < 1.29 is 14.3 Å². The van der Waals surface area contributed by atoms with Gasteiger partial charge in [-0.1, -0.05) is 12.8 Å². The molecule has 0 aromatic heterocycles. The zero-order valence-corrected chi connectivity index (χ0v) is 15.2. The first-order chi connectivity index (χ1) is 11.2. The Morgan fingerprint density at radius 3 is 2.92 bits per heavy atom. The van der Waals surface area contributed by atoms with Gasteiger partial charge in [0.1, 0.15) is 11.5 Å². The highest BCUT2D eigenvalue weighted by molar-refractivity contribution is 5.85. The lowest BCUT2D eigenvalue weighted by Gasteiger charge is -2.37. The van der Waals surface area contributed by atoms with E-state index in [1.165, 1.54) is 6.42 Å². The highest BCUT2D eigenvalue weighted by Gasteiger charge is 2.49. The molecule has 0 radical (unpaired) electrons. The number of hydrogen-bond donors (Lipinski definition) is 2. The van der Waals surface area contributed by atoms with Gasteiger partial charge in [-0.3, -0.25) is 4.79 Å². The van der Waals surface area contributed by atoms with Crippen LogP contribution < -0.4 is 20.1 Å². The minimum Gasteiger partial charge on any atom is -0.497 e. The maximum atomic E-state index is 12.9. The number of halogens is 1. The molecule has 2 fully saturated rings. The average Bonchev–Trinajstić information content (AvgIpc) is 3.04. The molecule has 1 amide bonds. The second-order valence-electron chi connectivity index (χ2n) is 6.59. The normalized spacial score (nSPS) is 25.3. The van der Waals surface area contributed by atoms with Gasteiger partial charge in [0.15, 0.2) is 0 Å². The van der Waals surface area contributed by atoms with Crippen LogP contribution in [-0.4, -0.2) is 33.2 Å². The minimum atomic E-state index is -0.210.